The SMILES string of the molecule is O=C(NC(CN1CCOCC1)c1ccccc1)c1ccc(N2CCNC2=O)cc1. The molecule has 2 aromatic carbocycles. The number of carbonyl (C=O) groups excluding carboxylic acids is 2. The first-order valence-corrected chi connectivity index (χ1v) is 10.0. The first kappa shape index (κ1) is 19.4. The van der Waals surface area contributed by atoms with E-state index in [4.69, 9.17) is 4.74 Å². The number of amides is 3. The Morgan fingerprint density at radius 2 is 1.76 bits per heavy atom. The van der Waals surface area contributed by atoms with E-state index in [9.17, 15) is 9.59 Å². The number of nitrogens with zero attached hydrogens (tertiary/aromatic N) is 2. The van der Waals surface area contributed by atoms with Crippen LogP contribution >= 0.6 is 0 Å². The summed E-state index contributed by atoms with van der Waals surface area (Å²) in [4.78, 5) is 28.7. The zero-order chi connectivity index (χ0) is 20.1. The highest BCUT2D eigenvalue weighted by atomic mass is 16.5. The molecule has 2 saturated heterocycles. The summed E-state index contributed by atoms with van der Waals surface area (Å²) in [6, 6.07) is 17.0. The van der Waals surface area contributed by atoms with Crippen LogP contribution in [-0.4, -0.2) is 62.8 Å². The van der Waals surface area contributed by atoms with E-state index in [0.29, 0.717) is 18.7 Å². The number of carbonyl (C=O) groups is 2. The van der Waals surface area contributed by atoms with Gasteiger partial charge in [-0.1, -0.05) is 30.3 Å². The van der Waals surface area contributed by atoms with Crippen molar-refractivity contribution in [3.63, 3.8) is 0 Å². The van der Waals surface area contributed by atoms with Crippen molar-refractivity contribution in [1.82, 2.24) is 15.5 Å². The Morgan fingerprint density at radius 1 is 1.03 bits per heavy atom. The van der Waals surface area contributed by atoms with Crippen molar-refractivity contribution in [2.24, 2.45) is 0 Å². The molecule has 3 amide bonds. The highest BCUT2D eigenvalue weighted by Crippen LogP contribution is 2.19. The van der Waals surface area contributed by atoms with Crippen molar-refractivity contribution in [3.05, 3.63) is 65.7 Å². The molecule has 7 heteroatoms. The first-order valence-electron chi connectivity index (χ1n) is 10.0. The van der Waals surface area contributed by atoms with Crippen LogP contribution in [0, 0.1) is 0 Å². The Kier molecular flexibility index (Phi) is 6.07. The second-order valence-electron chi connectivity index (χ2n) is 7.28. The second-order valence-corrected chi connectivity index (χ2v) is 7.28. The molecule has 1 atom stereocenters. The van der Waals surface area contributed by atoms with Crippen molar-refractivity contribution in [1.29, 1.82) is 0 Å². The Hall–Kier alpha value is -2.90. The number of urea groups is 1. The van der Waals surface area contributed by atoms with E-state index in [1.165, 1.54) is 0 Å². The highest BCUT2D eigenvalue weighted by Gasteiger charge is 2.23. The zero-order valence-corrected chi connectivity index (χ0v) is 16.3. The number of benzene rings is 2. The lowest BCUT2D eigenvalue weighted by atomic mass is 10.1. The van der Waals surface area contributed by atoms with Crippen LogP contribution in [0.3, 0.4) is 0 Å². The molecule has 29 heavy (non-hydrogen) atoms. The van der Waals surface area contributed by atoms with Crippen molar-refractivity contribution < 1.29 is 14.3 Å². The summed E-state index contributed by atoms with van der Waals surface area (Å²) >= 11 is 0. The van der Waals surface area contributed by atoms with Crippen LogP contribution in [-0.2, 0) is 4.74 Å². The van der Waals surface area contributed by atoms with Gasteiger partial charge in [0, 0.05) is 44.0 Å². The summed E-state index contributed by atoms with van der Waals surface area (Å²) in [6.45, 7) is 5.20. The molecule has 0 aliphatic carbocycles. The van der Waals surface area contributed by atoms with Crippen molar-refractivity contribution in [3.8, 4) is 0 Å². The minimum atomic E-state index is -0.121. The minimum absolute atomic E-state index is 0.100. The summed E-state index contributed by atoms with van der Waals surface area (Å²) < 4.78 is 5.44. The Morgan fingerprint density at radius 3 is 2.41 bits per heavy atom. The van der Waals surface area contributed by atoms with Crippen LogP contribution < -0.4 is 15.5 Å². The molecular formula is C22H26N4O3. The molecule has 4 rings (SSSR count). The van der Waals surface area contributed by atoms with Gasteiger partial charge in [0.1, 0.15) is 0 Å². The quantitative estimate of drug-likeness (QED) is 0.786. The summed E-state index contributed by atoms with van der Waals surface area (Å²) in [5, 5.41) is 5.96. The Bertz CT molecular complexity index is 835. The predicted molar refractivity (Wildman–Crippen MR) is 111 cm³/mol. The fourth-order valence-corrected chi connectivity index (χ4v) is 3.71. The number of hydrogen-bond acceptors (Lipinski definition) is 4. The van der Waals surface area contributed by atoms with Gasteiger partial charge in [0.05, 0.1) is 19.3 Å². The maximum absolute atomic E-state index is 12.9. The number of rotatable bonds is 6. The van der Waals surface area contributed by atoms with Crippen molar-refractivity contribution in [2.45, 2.75) is 6.04 Å². The largest absolute Gasteiger partial charge is 0.379 e. The highest BCUT2D eigenvalue weighted by molar-refractivity contribution is 5.97. The van der Waals surface area contributed by atoms with Crippen LogP contribution in [0.1, 0.15) is 22.0 Å². The molecule has 0 saturated carbocycles. The molecule has 2 aromatic rings. The number of nitrogens with one attached hydrogen (secondary N) is 2. The molecule has 0 aromatic heterocycles. The normalized spacial score (nSPS) is 18.3. The maximum Gasteiger partial charge on any atom is 0.321 e. The van der Waals surface area contributed by atoms with E-state index in [2.05, 4.69) is 15.5 Å². The van der Waals surface area contributed by atoms with Gasteiger partial charge in [0.25, 0.3) is 5.91 Å². The van der Waals surface area contributed by atoms with Crippen molar-refractivity contribution in [2.75, 3.05) is 50.8 Å². The third-order valence-corrected chi connectivity index (χ3v) is 5.35. The van der Waals surface area contributed by atoms with E-state index < -0.39 is 0 Å². The number of anilines is 1. The molecule has 0 radical (unpaired) electrons. The molecule has 2 aliphatic heterocycles. The molecule has 2 fully saturated rings. The first-order chi connectivity index (χ1) is 14.2. The van der Waals surface area contributed by atoms with Gasteiger partial charge in [0.2, 0.25) is 0 Å². The molecule has 0 bridgehead atoms. The average molecular weight is 394 g/mol. The van der Waals surface area contributed by atoms with Crippen LogP contribution in [0.25, 0.3) is 0 Å². The molecule has 1 unspecified atom stereocenters. The van der Waals surface area contributed by atoms with Crippen LogP contribution in [0.4, 0.5) is 10.5 Å². The van der Waals surface area contributed by atoms with Gasteiger partial charge in [-0.15, -0.1) is 0 Å². The number of ether oxygens (including phenoxy) is 1. The molecule has 7 nitrogen and oxygen atoms in total. The molecule has 2 N–H and O–H groups in total. The molecular weight excluding hydrogens is 368 g/mol. The molecule has 2 aliphatic rings. The lowest BCUT2D eigenvalue weighted by Gasteiger charge is -2.31. The second kappa shape index (κ2) is 9.07. The van der Waals surface area contributed by atoms with Gasteiger partial charge in [-0.3, -0.25) is 14.6 Å². The third kappa shape index (κ3) is 4.75. The topological polar surface area (TPSA) is 73.9 Å². The van der Waals surface area contributed by atoms with Gasteiger partial charge in [-0.25, -0.2) is 4.79 Å². The van der Waals surface area contributed by atoms with Gasteiger partial charge in [0.15, 0.2) is 0 Å². The summed E-state index contributed by atoms with van der Waals surface area (Å²) in [5.41, 5.74) is 2.46. The van der Waals surface area contributed by atoms with E-state index in [1.807, 2.05) is 42.5 Å². The average Bonchev–Trinajstić information content (AvgIpc) is 3.20. The van der Waals surface area contributed by atoms with Crippen LogP contribution in [0.15, 0.2) is 54.6 Å². The molecule has 0 spiro atoms. The van der Waals surface area contributed by atoms with Gasteiger partial charge < -0.3 is 15.4 Å². The fourth-order valence-electron chi connectivity index (χ4n) is 3.71. The Balaban J connectivity index is 1.46. The molecule has 2 heterocycles. The lowest BCUT2D eigenvalue weighted by Crippen LogP contribution is -2.43. The fraction of sp³-hybridized carbons (Fsp3) is 0.364. The summed E-state index contributed by atoms with van der Waals surface area (Å²) in [7, 11) is 0. The van der Waals surface area contributed by atoms with Gasteiger partial charge in [-0.05, 0) is 29.8 Å². The summed E-state index contributed by atoms with van der Waals surface area (Å²) in [6.07, 6.45) is 0. The monoisotopic (exact) mass is 394 g/mol. The van der Waals surface area contributed by atoms with E-state index in [1.54, 1.807) is 17.0 Å². The third-order valence-electron chi connectivity index (χ3n) is 5.35. The number of morpholine rings is 1. The van der Waals surface area contributed by atoms with Crippen molar-refractivity contribution >= 4 is 17.6 Å². The maximum atomic E-state index is 12.9. The van der Waals surface area contributed by atoms with E-state index in [0.717, 1.165) is 44.1 Å². The molecule has 152 valence electrons. The van der Waals surface area contributed by atoms with Crippen LogP contribution in [0.5, 0.6) is 0 Å². The Labute approximate surface area is 170 Å². The number of hydrogen-bond donors (Lipinski definition) is 2. The van der Waals surface area contributed by atoms with E-state index in [-0.39, 0.29) is 18.0 Å². The predicted octanol–water partition coefficient (Wildman–Crippen LogP) is 2.02. The standard InChI is InChI=1S/C22H26N4O3/c27-21(18-6-8-19(9-7-18)26-11-10-23-22(26)28)24-20(17-4-2-1-3-5-17)16-25-12-14-29-15-13-25/h1-9,20H,10-16H2,(H,23,28)(H,24,27). The van der Waals surface area contributed by atoms with E-state index >= 15 is 0 Å². The van der Waals surface area contributed by atoms with Crippen LogP contribution in [0.2, 0.25) is 0 Å². The van der Waals surface area contributed by atoms with Gasteiger partial charge in [-0.2, -0.15) is 0 Å². The smallest absolute Gasteiger partial charge is 0.321 e. The minimum Gasteiger partial charge on any atom is -0.379 e. The lowest BCUT2D eigenvalue weighted by molar-refractivity contribution is 0.0332. The zero-order valence-electron chi connectivity index (χ0n) is 16.3. The summed E-state index contributed by atoms with van der Waals surface area (Å²) in [5.74, 6) is -0.121. The van der Waals surface area contributed by atoms with Gasteiger partial charge >= 0.3 is 6.03 Å².